The molecule has 7 atom stereocenters. The summed E-state index contributed by atoms with van der Waals surface area (Å²) in [5, 5.41) is 10.2. The Hall–Kier alpha value is -0.370. The maximum atomic E-state index is 12.4. The van der Waals surface area contributed by atoms with Crippen molar-refractivity contribution in [2.75, 3.05) is 0 Å². The molecule has 0 heterocycles. The van der Waals surface area contributed by atoms with E-state index in [1.807, 2.05) is 0 Å². The number of aliphatic hydroxyl groups is 1. The molecule has 22 heavy (non-hydrogen) atoms. The van der Waals surface area contributed by atoms with Gasteiger partial charge >= 0.3 is 0 Å². The fourth-order valence-corrected chi connectivity index (χ4v) is 7.38. The second-order valence-electron chi connectivity index (χ2n) is 9.71. The zero-order chi connectivity index (χ0) is 15.8. The van der Waals surface area contributed by atoms with Crippen LogP contribution in [0.4, 0.5) is 0 Å². The van der Waals surface area contributed by atoms with Crippen LogP contribution >= 0.6 is 0 Å². The predicted octanol–water partition coefficient (Wildman–Crippen LogP) is 4.35. The third-order valence-corrected chi connectivity index (χ3v) is 9.06. The van der Waals surface area contributed by atoms with E-state index in [9.17, 15) is 9.90 Å². The van der Waals surface area contributed by atoms with Crippen molar-refractivity contribution in [3.63, 3.8) is 0 Å². The maximum Gasteiger partial charge on any atom is 0.139 e. The summed E-state index contributed by atoms with van der Waals surface area (Å²) in [6, 6.07) is 0. The Balaban J connectivity index is 1.68. The molecular weight excluding hydrogens is 272 g/mol. The van der Waals surface area contributed by atoms with E-state index in [1.54, 1.807) is 0 Å². The highest BCUT2D eigenvalue weighted by Gasteiger charge is 2.63. The van der Waals surface area contributed by atoms with Gasteiger partial charge in [0.05, 0.1) is 6.10 Å². The zero-order valence-corrected chi connectivity index (χ0v) is 14.5. The van der Waals surface area contributed by atoms with Crippen molar-refractivity contribution in [3.8, 4) is 0 Å². The Morgan fingerprint density at radius 1 is 0.955 bits per heavy atom. The molecule has 0 amide bonds. The first-order valence-corrected chi connectivity index (χ1v) is 9.52. The number of aliphatic hydroxyl groups excluding tert-OH is 1. The molecule has 0 saturated heterocycles. The summed E-state index contributed by atoms with van der Waals surface area (Å²) >= 11 is 0. The molecule has 124 valence electrons. The van der Waals surface area contributed by atoms with Gasteiger partial charge in [-0.25, -0.2) is 0 Å². The van der Waals surface area contributed by atoms with Crippen molar-refractivity contribution in [2.45, 2.75) is 84.7 Å². The topological polar surface area (TPSA) is 37.3 Å². The minimum absolute atomic E-state index is 0.000547. The lowest BCUT2D eigenvalue weighted by molar-refractivity contribution is -0.169. The quantitative estimate of drug-likeness (QED) is 0.722. The molecular formula is C20H32O2. The monoisotopic (exact) mass is 304 g/mol. The van der Waals surface area contributed by atoms with Crippen molar-refractivity contribution in [2.24, 2.45) is 34.0 Å². The van der Waals surface area contributed by atoms with E-state index in [-0.39, 0.29) is 11.5 Å². The molecule has 1 N–H and O–H groups in total. The summed E-state index contributed by atoms with van der Waals surface area (Å²) in [6.45, 7) is 7.23. The molecule has 2 heteroatoms. The smallest absolute Gasteiger partial charge is 0.139 e. The molecule has 2 nitrogen and oxygen atoms in total. The summed E-state index contributed by atoms with van der Waals surface area (Å²) in [4.78, 5) is 12.4. The third-order valence-electron chi connectivity index (χ3n) is 9.06. The van der Waals surface area contributed by atoms with Crippen LogP contribution in [0.5, 0.6) is 0 Å². The molecule has 4 aliphatic rings. The maximum absolute atomic E-state index is 12.4. The number of ketones is 1. The van der Waals surface area contributed by atoms with Crippen molar-refractivity contribution in [3.05, 3.63) is 0 Å². The van der Waals surface area contributed by atoms with Gasteiger partial charge in [0.15, 0.2) is 0 Å². The molecule has 0 aliphatic heterocycles. The van der Waals surface area contributed by atoms with Gasteiger partial charge in [-0.15, -0.1) is 0 Å². The summed E-state index contributed by atoms with van der Waals surface area (Å²) < 4.78 is 0. The van der Waals surface area contributed by atoms with Crippen molar-refractivity contribution in [1.82, 2.24) is 0 Å². The first-order valence-electron chi connectivity index (χ1n) is 9.52. The molecule has 0 spiro atoms. The number of carbonyl (C=O) groups is 1. The molecule has 4 saturated carbocycles. The molecule has 0 aromatic heterocycles. The van der Waals surface area contributed by atoms with Crippen LogP contribution < -0.4 is 0 Å². The lowest BCUT2D eigenvalue weighted by atomic mass is 9.40. The molecule has 4 aliphatic carbocycles. The van der Waals surface area contributed by atoms with Gasteiger partial charge in [-0.05, 0) is 80.0 Å². The van der Waals surface area contributed by atoms with Gasteiger partial charge in [0.2, 0.25) is 0 Å². The Kier molecular flexibility index (Phi) is 3.16. The van der Waals surface area contributed by atoms with Crippen LogP contribution in [0.15, 0.2) is 0 Å². The van der Waals surface area contributed by atoms with E-state index in [0.717, 1.165) is 43.9 Å². The molecule has 0 aromatic rings. The summed E-state index contributed by atoms with van der Waals surface area (Å²) in [5.74, 6) is 2.74. The van der Waals surface area contributed by atoms with E-state index in [0.29, 0.717) is 22.5 Å². The lowest BCUT2D eigenvalue weighted by Crippen LogP contribution is -2.58. The van der Waals surface area contributed by atoms with Crippen LogP contribution in [0.2, 0.25) is 0 Å². The second kappa shape index (κ2) is 4.59. The van der Waals surface area contributed by atoms with Crippen molar-refractivity contribution >= 4 is 5.78 Å². The first kappa shape index (κ1) is 15.2. The van der Waals surface area contributed by atoms with E-state index < -0.39 is 0 Å². The largest absolute Gasteiger partial charge is 0.393 e. The highest BCUT2D eigenvalue weighted by molar-refractivity contribution is 5.87. The van der Waals surface area contributed by atoms with Gasteiger partial charge in [0.1, 0.15) is 5.78 Å². The van der Waals surface area contributed by atoms with E-state index in [1.165, 1.54) is 25.7 Å². The van der Waals surface area contributed by atoms with Gasteiger partial charge in [0, 0.05) is 11.8 Å². The Morgan fingerprint density at radius 2 is 1.73 bits per heavy atom. The minimum Gasteiger partial charge on any atom is -0.393 e. The normalized spacial score (nSPS) is 57.9. The average molecular weight is 304 g/mol. The molecule has 0 aromatic carbocycles. The van der Waals surface area contributed by atoms with Crippen molar-refractivity contribution < 1.29 is 9.90 Å². The fraction of sp³-hybridized carbons (Fsp3) is 0.950. The minimum atomic E-state index is -0.0865. The summed E-state index contributed by atoms with van der Waals surface area (Å²) in [6.07, 6.45) is 9.95. The number of carbonyl (C=O) groups excluding carboxylic acids is 1. The molecule has 0 bridgehead atoms. The van der Waals surface area contributed by atoms with Gasteiger partial charge in [-0.1, -0.05) is 20.8 Å². The average Bonchev–Trinajstić information content (AvgIpc) is 2.76. The molecule has 6 unspecified atom stereocenters. The van der Waals surface area contributed by atoms with E-state index in [2.05, 4.69) is 20.8 Å². The van der Waals surface area contributed by atoms with Crippen LogP contribution in [0, 0.1) is 34.0 Å². The first-order chi connectivity index (χ1) is 10.3. The van der Waals surface area contributed by atoms with E-state index in [4.69, 9.17) is 0 Å². The number of fused-ring (bicyclic) bond motifs is 5. The molecule has 4 fully saturated rings. The number of Topliss-reactive ketones (excluding diaryl/α,β-unsaturated/α-hetero) is 1. The van der Waals surface area contributed by atoms with Gasteiger partial charge in [-0.2, -0.15) is 0 Å². The SMILES string of the molecule is CC12CCC3C(CCC4(C)C[C@H](O)CCC34C)C1CCC2=O. The number of hydrogen-bond donors (Lipinski definition) is 1. The number of rotatable bonds is 0. The fourth-order valence-electron chi connectivity index (χ4n) is 7.38. The van der Waals surface area contributed by atoms with Crippen LogP contribution in [-0.2, 0) is 4.79 Å². The zero-order valence-electron chi connectivity index (χ0n) is 14.5. The Labute approximate surface area is 135 Å². The molecule has 0 radical (unpaired) electrons. The second-order valence-corrected chi connectivity index (χ2v) is 9.71. The standard InChI is InChI=1S/C20H32O2/c1-18-9-7-14-15-4-5-17(22)19(15,2)10-8-16(14)20(18,3)11-6-13(21)12-18/h13-16,21H,4-12H2,1-3H3/t13-,14?,15?,16?,18?,19?,20?/m1/s1. The van der Waals surface area contributed by atoms with Gasteiger partial charge in [-0.3, -0.25) is 4.79 Å². The Morgan fingerprint density at radius 3 is 2.50 bits per heavy atom. The molecule has 4 rings (SSSR count). The highest BCUT2D eigenvalue weighted by atomic mass is 16.3. The van der Waals surface area contributed by atoms with Crippen LogP contribution in [-0.4, -0.2) is 17.0 Å². The van der Waals surface area contributed by atoms with Crippen LogP contribution in [0.1, 0.15) is 78.6 Å². The summed E-state index contributed by atoms with van der Waals surface area (Å²) in [7, 11) is 0. The lowest BCUT2D eigenvalue weighted by Gasteiger charge is -2.64. The van der Waals surface area contributed by atoms with Crippen LogP contribution in [0.3, 0.4) is 0 Å². The van der Waals surface area contributed by atoms with Crippen molar-refractivity contribution in [1.29, 1.82) is 0 Å². The Bertz CT molecular complexity index is 500. The van der Waals surface area contributed by atoms with Gasteiger partial charge in [0.25, 0.3) is 0 Å². The number of hydrogen-bond acceptors (Lipinski definition) is 2. The third kappa shape index (κ3) is 1.74. The van der Waals surface area contributed by atoms with Crippen LogP contribution in [0.25, 0.3) is 0 Å². The van der Waals surface area contributed by atoms with Gasteiger partial charge < -0.3 is 5.11 Å². The summed E-state index contributed by atoms with van der Waals surface area (Å²) in [5.41, 5.74) is 0.684. The predicted molar refractivity (Wildman–Crippen MR) is 87.4 cm³/mol. The van der Waals surface area contributed by atoms with E-state index >= 15 is 0 Å². The highest BCUT2D eigenvalue weighted by Crippen LogP contribution is 2.69.